The number of hydrogen-bond donors (Lipinski definition) is 2. The van der Waals surface area contributed by atoms with Crippen molar-refractivity contribution in [3.63, 3.8) is 0 Å². The molecule has 3 atom stereocenters. The summed E-state index contributed by atoms with van der Waals surface area (Å²) in [5.74, 6) is 0.116. The lowest BCUT2D eigenvalue weighted by atomic mass is 9.93. The maximum Gasteiger partial charge on any atom is 0.220 e. The van der Waals surface area contributed by atoms with Crippen LogP contribution < -0.4 is 10.6 Å². The first kappa shape index (κ1) is 13.8. The molecule has 1 saturated heterocycles. The fourth-order valence-corrected chi connectivity index (χ4v) is 4.07. The molecule has 1 saturated carbocycles. The highest BCUT2D eigenvalue weighted by Crippen LogP contribution is 2.24. The van der Waals surface area contributed by atoms with Crippen molar-refractivity contribution in [2.24, 2.45) is 0 Å². The third-order valence-corrected chi connectivity index (χ3v) is 5.61. The molecule has 0 aromatic heterocycles. The van der Waals surface area contributed by atoms with E-state index in [9.17, 15) is 13.2 Å². The Hall–Kier alpha value is -0.620. The largest absolute Gasteiger partial charge is 0.355 e. The molecule has 0 aromatic rings. The summed E-state index contributed by atoms with van der Waals surface area (Å²) in [5.41, 5.74) is 0. The summed E-state index contributed by atoms with van der Waals surface area (Å²) < 4.78 is 23.2. The van der Waals surface area contributed by atoms with Crippen molar-refractivity contribution < 1.29 is 13.2 Å². The lowest BCUT2D eigenvalue weighted by Gasteiger charge is -2.33. The zero-order valence-electron chi connectivity index (χ0n) is 10.8. The standard InChI is InChI=1S/C12H22N2O3S/c1-18(16,17)11-4-2-3-9(7-11)14-10-5-6-12(15)13-8-10/h9-11,14H,2-8H2,1H3,(H,13,15). The minimum Gasteiger partial charge on any atom is -0.355 e. The average molecular weight is 274 g/mol. The average Bonchev–Trinajstić information content (AvgIpc) is 2.31. The zero-order valence-corrected chi connectivity index (χ0v) is 11.6. The third-order valence-electron chi connectivity index (χ3n) is 3.97. The number of sulfone groups is 1. The highest BCUT2D eigenvalue weighted by molar-refractivity contribution is 7.91. The fourth-order valence-electron chi connectivity index (χ4n) is 2.89. The van der Waals surface area contributed by atoms with Gasteiger partial charge in [0, 0.05) is 31.3 Å². The second kappa shape index (κ2) is 5.57. The van der Waals surface area contributed by atoms with E-state index in [-0.39, 0.29) is 17.2 Å². The Kier molecular flexibility index (Phi) is 4.27. The molecule has 2 rings (SSSR count). The highest BCUT2D eigenvalue weighted by Gasteiger charge is 2.30. The maximum absolute atomic E-state index is 11.6. The molecule has 0 spiro atoms. The number of rotatable bonds is 3. The molecular formula is C12H22N2O3S. The monoisotopic (exact) mass is 274 g/mol. The van der Waals surface area contributed by atoms with E-state index in [0.29, 0.717) is 25.4 Å². The van der Waals surface area contributed by atoms with Crippen LogP contribution in [-0.2, 0) is 14.6 Å². The third kappa shape index (κ3) is 3.68. The fraction of sp³-hybridized carbons (Fsp3) is 0.917. The van der Waals surface area contributed by atoms with Crippen LogP contribution in [0.5, 0.6) is 0 Å². The molecule has 2 N–H and O–H groups in total. The molecule has 18 heavy (non-hydrogen) atoms. The van der Waals surface area contributed by atoms with Crippen LogP contribution in [0.4, 0.5) is 0 Å². The molecule has 5 nitrogen and oxygen atoms in total. The van der Waals surface area contributed by atoms with Crippen LogP contribution in [0.3, 0.4) is 0 Å². The van der Waals surface area contributed by atoms with Crippen molar-refractivity contribution in [1.82, 2.24) is 10.6 Å². The molecule has 1 aliphatic carbocycles. The molecule has 2 aliphatic rings. The Balaban J connectivity index is 1.84. The molecular weight excluding hydrogens is 252 g/mol. The second-order valence-electron chi connectivity index (χ2n) is 5.52. The van der Waals surface area contributed by atoms with E-state index in [4.69, 9.17) is 0 Å². The molecule has 104 valence electrons. The van der Waals surface area contributed by atoms with Crippen molar-refractivity contribution >= 4 is 15.7 Å². The normalized spacial score (nSPS) is 34.1. The van der Waals surface area contributed by atoms with E-state index in [1.807, 2.05) is 0 Å². The van der Waals surface area contributed by atoms with Crippen molar-refractivity contribution in [2.45, 2.75) is 55.9 Å². The number of carbonyl (C=O) groups excluding carboxylic acids is 1. The van der Waals surface area contributed by atoms with Crippen molar-refractivity contribution in [2.75, 3.05) is 12.8 Å². The molecule has 1 aliphatic heterocycles. The number of piperidine rings is 1. The second-order valence-corrected chi connectivity index (χ2v) is 7.85. The lowest BCUT2D eigenvalue weighted by Crippen LogP contribution is -2.51. The smallest absolute Gasteiger partial charge is 0.220 e. The van der Waals surface area contributed by atoms with Crippen LogP contribution in [-0.4, -0.2) is 44.5 Å². The van der Waals surface area contributed by atoms with Gasteiger partial charge in [0.25, 0.3) is 0 Å². The Labute approximate surface area is 109 Å². The molecule has 0 radical (unpaired) electrons. The topological polar surface area (TPSA) is 75.3 Å². The Morgan fingerprint density at radius 2 is 2.00 bits per heavy atom. The summed E-state index contributed by atoms with van der Waals surface area (Å²) in [7, 11) is -2.92. The first-order chi connectivity index (χ1) is 8.45. The van der Waals surface area contributed by atoms with Crippen LogP contribution in [0, 0.1) is 0 Å². The Bertz CT molecular complexity index is 398. The van der Waals surface area contributed by atoms with Crippen LogP contribution in [0.1, 0.15) is 38.5 Å². The van der Waals surface area contributed by atoms with Crippen molar-refractivity contribution in [3.05, 3.63) is 0 Å². The summed E-state index contributed by atoms with van der Waals surface area (Å²) in [4.78, 5) is 11.1. The van der Waals surface area contributed by atoms with E-state index in [0.717, 1.165) is 25.7 Å². The van der Waals surface area contributed by atoms with Crippen molar-refractivity contribution in [1.29, 1.82) is 0 Å². The predicted molar refractivity (Wildman–Crippen MR) is 70.1 cm³/mol. The number of nitrogens with one attached hydrogen (secondary N) is 2. The van der Waals surface area contributed by atoms with E-state index >= 15 is 0 Å². The zero-order chi connectivity index (χ0) is 13.2. The molecule has 3 unspecified atom stereocenters. The van der Waals surface area contributed by atoms with Gasteiger partial charge in [0.05, 0.1) is 5.25 Å². The van der Waals surface area contributed by atoms with Gasteiger partial charge >= 0.3 is 0 Å². The SMILES string of the molecule is CS(=O)(=O)C1CCCC(NC2CCC(=O)NC2)C1. The Morgan fingerprint density at radius 1 is 1.22 bits per heavy atom. The molecule has 0 aromatic carbocycles. The summed E-state index contributed by atoms with van der Waals surface area (Å²) >= 11 is 0. The van der Waals surface area contributed by atoms with Gasteiger partial charge in [0.2, 0.25) is 5.91 Å². The molecule has 2 fully saturated rings. The van der Waals surface area contributed by atoms with Gasteiger partial charge in [0.15, 0.2) is 0 Å². The maximum atomic E-state index is 11.6. The summed E-state index contributed by atoms with van der Waals surface area (Å²) in [5, 5.41) is 6.15. The van der Waals surface area contributed by atoms with E-state index in [1.165, 1.54) is 6.26 Å². The van der Waals surface area contributed by atoms with Gasteiger partial charge in [-0.25, -0.2) is 8.42 Å². The molecule has 1 heterocycles. The number of carbonyl (C=O) groups is 1. The van der Waals surface area contributed by atoms with Gasteiger partial charge in [-0.3, -0.25) is 4.79 Å². The van der Waals surface area contributed by atoms with E-state index in [1.54, 1.807) is 0 Å². The molecule has 1 amide bonds. The number of amides is 1. The van der Waals surface area contributed by atoms with Crippen LogP contribution in [0.25, 0.3) is 0 Å². The van der Waals surface area contributed by atoms with Gasteiger partial charge < -0.3 is 10.6 Å². The quantitative estimate of drug-likeness (QED) is 0.771. The highest BCUT2D eigenvalue weighted by atomic mass is 32.2. The van der Waals surface area contributed by atoms with Crippen LogP contribution in [0.2, 0.25) is 0 Å². The Morgan fingerprint density at radius 3 is 2.61 bits per heavy atom. The van der Waals surface area contributed by atoms with Crippen LogP contribution >= 0.6 is 0 Å². The summed E-state index contributed by atoms with van der Waals surface area (Å²) in [6.07, 6.45) is 6.26. The lowest BCUT2D eigenvalue weighted by molar-refractivity contribution is -0.122. The first-order valence-corrected chi connectivity index (χ1v) is 8.62. The van der Waals surface area contributed by atoms with Crippen molar-refractivity contribution in [3.8, 4) is 0 Å². The van der Waals surface area contributed by atoms with Gasteiger partial charge in [-0.15, -0.1) is 0 Å². The molecule has 0 bridgehead atoms. The van der Waals surface area contributed by atoms with E-state index < -0.39 is 9.84 Å². The minimum atomic E-state index is -2.92. The molecule has 6 heteroatoms. The number of hydrogen-bond acceptors (Lipinski definition) is 4. The van der Waals surface area contributed by atoms with Gasteiger partial charge in [0.1, 0.15) is 9.84 Å². The predicted octanol–water partition coefficient (Wildman–Crippen LogP) is 0.210. The van der Waals surface area contributed by atoms with Gasteiger partial charge in [-0.05, 0) is 25.7 Å². The van der Waals surface area contributed by atoms with E-state index in [2.05, 4.69) is 10.6 Å². The van der Waals surface area contributed by atoms with Gasteiger partial charge in [-0.1, -0.05) is 6.42 Å². The summed E-state index contributed by atoms with van der Waals surface area (Å²) in [6, 6.07) is 0.574. The van der Waals surface area contributed by atoms with Crippen LogP contribution in [0.15, 0.2) is 0 Å². The summed E-state index contributed by atoms with van der Waals surface area (Å²) in [6.45, 7) is 0.666. The minimum absolute atomic E-state index is 0.116. The van der Waals surface area contributed by atoms with Gasteiger partial charge in [-0.2, -0.15) is 0 Å². The first-order valence-electron chi connectivity index (χ1n) is 6.67.